The van der Waals surface area contributed by atoms with Crippen molar-refractivity contribution in [3.8, 4) is 0 Å². The van der Waals surface area contributed by atoms with E-state index in [1.807, 2.05) is 12.3 Å². The highest BCUT2D eigenvalue weighted by Crippen LogP contribution is 2.07. The molecule has 2 N–H and O–H groups in total. The predicted molar refractivity (Wildman–Crippen MR) is 66.4 cm³/mol. The molecule has 1 aromatic heterocycles. The summed E-state index contributed by atoms with van der Waals surface area (Å²) in [5.41, 5.74) is 1.18. The van der Waals surface area contributed by atoms with Gasteiger partial charge in [0.2, 0.25) is 0 Å². The zero-order chi connectivity index (χ0) is 11.8. The topological polar surface area (TPSA) is 48.4 Å². The molecule has 0 amide bonds. The minimum absolute atomic E-state index is 0.205. The lowest BCUT2D eigenvalue weighted by atomic mass is 10.2. The molecule has 0 atom stereocenters. The third-order valence-corrected chi connectivity index (χ3v) is 2.45. The van der Waals surface area contributed by atoms with Crippen LogP contribution in [-0.2, 0) is 6.54 Å². The van der Waals surface area contributed by atoms with Gasteiger partial charge in [-0.1, -0.05) is 13.0 Å². The first kappa shape index (κ1) is 12.9. The van der Waals surface area contributed by atoms with Crippen molar-refractivity contribution in [2.45, 2.75) is 20.4 Å². The van der Waals surface area contributed by atoms with Crippen molar-refractivity contribution < 1.29 is 5.11 Å². The Labute approximate surface area is 97.3 Å². The fourth-order valence-electron chi connectivity index (χ4n) is 1.55. The van der Waals surface area contributed by atoms with E-state index in [9.17, 15) is 0 Å². The molecule has 1 rings (SSSR count). The largest absolute Gasteiger partial charge is 0.395 e. The van der Waals surface area contributed by atoms with Gasteiger partial charge in [0, 0.05) is 25.8 Å². The summed E-state index contributed by atoms with van der Waals surface area (Å²) in [5.74, 6) is 0.913. The maximum absolute atomic E-state index is 8.89. The third-order valence-electron chi connectivity index (χ3n) is 2.45. The lowest BCUT2D eigenvalue weighted by molar-refractivity contribution is 0.196. The normalized spacial score (nSPS) is 10.8. The summed E-state index contributed by atoms with van der Waals surface area (Å²) in [5, 5.41) is 12.1. The average molecular weight is 223 g/mol. The highest BCUT2D eigenvalue weighted by molar-refractivity contribution is 5.35. The standard InChI is InChI=1S/C12H21N3O/c1-3-13-12-6-5-11(9-14-12)10-15(4-2)7-8-16/h5-6,9,16H,3-4,7-8,10H2,1-2H3,(H,13,14). The van der Waals surface area contributed by atoms with Crippen LogP contribution in [0.15, 0.2) is 18.3 Å². The summed E-state index contributed by atoms with van der Waals surface area (Å²) in [6, 6.07) is 4.07. The Hall–Kier alpha value is -1.13. The van der Waals surface area contributed by atoms with Gasteiger partial charge in [-0.15, -0.1) is 0 Å². The molecule has 4 nitrogen and oxygen atoms in total. The Morgan fingerprint density at radius 1 is 1.38 bits per heavy atom. The number of pyridine rings is 1. The first-order valence-electron chi connectivity index (χ1n) is 5.82. The molecule has 0 aliphatic heterocycles. The molecule has 0 saturated heterocycles. The zero-order valence-corrected chi connectivity index (χ0v) is 10.1. The van der Waals surface area contributed by atoms with E-state index in [2.05, 4.69) is 35.1 Å². The molecule has 0 unspecified atom stereocenters. The van der Waals surface area contributed by atoms with Gasteiger partial charge in [0.25, 0.3) is 0 Å². The molecule has 0 aliphatic carbocycles. The summed E-state index contributed by atoms with van der Waals surface area (Å²) in [6.45, 7) is 7.73. The SMILES string of the molecule is CCNc1ccc(CN(CC)CCO)cn1. The van der Waals surface area contributed by atoms with Crippen LogP contribution in [0.5, 0.6) is 0 Å². The van der Waals surface area contributed by atoms with Gasteiger partial charge in [0.05, 0.1) is 6.61 Å². The van der Waals surface area contributed by atoms with Crippen LogP contribution in [0.1, 0.15) is 19.4 Å². The van der Waals surface area contributed by atoms with Crippen LogP contribution in [0.25, 0.3) is 0 Å². The molecule has 0 bridgehead atoms. The van der Waals surface area contributed by atoms with Gasteiger partial charge in [-0.2, -0.15) is 0 Å². The molecule has 0 fully saturated rings. The second-order valence-electron chi connectivity index (χ2n) is 3.67. The first-order chi connectivity index (χ1) is 7.80. The number of nitrogens with one attached hydrogen (secondary N) is 1. The van der Waals surface area contributed by atoms with E-state index in [1.54, 1.807) is 0 Å². The van der Waals surface area contributed by atoms with E-state index in [-0.39, 0.29) is 6.61 Å². The molecular formula is C12H21N3O. The second-order valence-corrected chi connectivity index (χ2v) is 3.67. The fraction of sp³-hybridized carbons (Fsp3) is 0.583. The predicted octanol–water partition coefficient (Wildman–Crippen LogP) is 1.33. The quantitative estimate of drug-likeness (QED) is 0.732. The number of rotatable bonds is 7. The Kier molecular flexibility index (Phi) is 5.82. The van der Waals surface area contributed by atoms with E-state index < -0.39 is 0 Å². The smallest absolute Gasteiger partial charge is 0.125 e. The number of aliphatic hydroxyl groups is 1. The monoisotopic (exact) mass is 223 g/mol. The van der Waals surface area contributed by atoms with Crippen LogP contribution in [0.3, 0.4) is 0 Å². The van der Waals surface area contributed by atoms with Gasteiger partial charge in [0.15, 0.2) is 0 Å². The van der Waals surface area contributed by atoms with Crippen molar-refractivity contribution in [2.75, 3.05) is 31.6 Å². The molecule has 90 valence electrons. The lowest BCUT2D eigenvalue weighted by Gasteiger charge is -2.18. The van der Waals surface area contributed by atoms with Gasteiger partial charge < -0.3 is 10.4 Å². The molecule has 1 heterocycles. The van der Waals surface area contributed by atoms with Crippen molar-refractivity contribution in [2.24, 2.45) is 0 Å². The molecule has 0 aliphatic rings. The van der Waals surface area contributed by atoms with Crippen LogP contribution in [0.2, 0.25) is 0 Å². The van der Waals surface area contributed by atoms with Crippen LogP contribution in [0.4, 0.5) is 5.82 Å². The van der Waals surface area contributed by atoms with E-state index >= 15 is 0 Å². The fourth-order valence-corrected chi connectivity index (χ4v) is 1.55. The lowest BCUT2D eigenvalue weighted by Crippen LogP contribution is -2.26. The van der Waals surface area contributed by atoms with Crippen molar-refractivity contribution in [3.63, 3.8) is 0 Å². The molecule has 1 aromatic rings. The van der Waals surface area contributed by atoms with Crippen LogP contribution >= 0.6 is 0 Å². The molecule has 16 heavy (non-hydrogen) atoms. The number of anilines is 1. The highest BCUT2D eigenvalue weighted by atomic mass is 16.3. The van der Waals surface area contributed by atoms with Gasteiger partial charge in [0.1, 0.15) is 5.82 Å². The van der Waals surface area contributed by atoms with Gasteiger partial charge in [-0.25, -0.2) is 4.98 Å². The summed E-state index contributed by atoms with van der Waals surface area (Å²) in [4.78, 5) is 6.50. The highest BCUT2D eigenvalue weighted by Gasteiger charge is 2.03. The maximum Gasteiger partial charge on any atom is 0.125 e. The second kappa shape index (κ2) is 7.19. The number of hydrogen-bond acceptors (Lipinski definition) is 4. The zero-order valence-electron chi connectivity index (χ0n) is 10.1. The maximum atomic E-state index is 8.89. The number of aromatic nitrogens is 1. The summed E-state index contributed by atoms with van der Waals surface area (Å²) < 4.78 is 0. The molecule has 0 saturated carbocycles. The van der Waals surface area contributed by atoms with E-state index in [0.29, 0.717) is 6.54 Å². The van der Waals surface area contributed by atoms with Crippen molar-refractivity contribution in [3.05, 3.63) is 23.9 Å². The van der Waals surface area contributed by atoms with Crippen LogP contribution < -0.4 is 5.32 Å². The Morgan fingerprint density at radius 3 is 2.69 bits per heavy atom. The van der Waals surface area contributed by atoms with E-state index in [0.717, 1.165) is 25.5 Å². The molecule has 0 radical (unpaired) electrons. The third kappa shape index (κ3) is 4.16. The minimum atomic E-state index is 0.205. The average Bonchev–Trinajstić information content (AvgIpc) is 2.31. The Bertz CT molecular complexity index is 287. The van der Waals surface area contributed by atoms with Crippen LogP contribution in [0, 0.1) is 0 Å². The molecular weight excluding hydrogens is 202 g/mol. The number of nitrogens with zero attached hydrogens (tertiary/aromatic N) is 2. The van der Waals surface area contributed by atoms with E-state index in [4.69, 9.17) is 5.11 Å². The van der Waals surface area contributed by atoms with Crippen molar-refractivity contribution >= 4 is 5.82 Å². The van der Waals surface area contributed by atoms with Crippen molar-refractivity contribution in [1.29, 1.82) is 0 Å². The number of hydrogen-bond donors (Lipinski definition) is 2. The van der Waals surface area contributed by atoms with Gasteiger partial charge in [-0.3, -0.25) is 4.90 Å². The Balaban J connectivity index is 2.53. The Morgan fingerprint density at radius 2 is 2.19 bits per heavy atom. The van der Waals surface area contributed by atoms with Gasteiger partial charge >= 0.3 is 0 Å². The molecule has 0 spiro atoms. The van der Waals surface area contributed by atoms with E-state index in [1.165, 1.54) is 5.56 Å². The van der Waals surface area contributed by atoms with Crippen LogP contribution in [-0.4, -0.2) is 41.2 Å². The summed E-state index contributed by atoms with van der Waals surface area (Å²) in [7, 11) is 0. The summed E-state index contributed by atoms with van der Waals surface area (Å²) in [6.07, 6.45) is 1.89. The first-order valence-corrected chi connectivity index (χ1v) is 5.82. The summed E-state index contributed by atoms with van der Waals surface area (Å²) >= 11 is 0. The number of aliphatic hydroxyl groups excluding tert-OH is 1. The minimum Gasteiger partial charge on any atom is -0.395 e. The van der Waals surface area contributed by atoms with Gasteiger partial charge in [-0.05, 0) is 25.1 Å². The van der Waals surface area contributed by atoms with Crippen molar-refractivity contribution in [1.82, 2.24) is 9.88 Å². The number of likely N-dealkylation sites (N-methyl/N-ethyl adjacent to an activating group) is 1. The molecule has 0 aromatic carbocycles. The molecule has 4 heteroatoms.